The van der Waals surface area contributed by atoms with Crippen molar-refractivity contribution in [2.24, 2.45) is 0 Å². The predicted molar refractivity (Wildman–Crippen MR) is 74.2 cm³/mol. The number of halogens is 1. The number of hydrogen-bond donors (Lipinski definition) is 1. The Kier molecular flexibility index (Phi) is 5.00. The lowest BCUT2D eigenvalue weighted by atomic mass is 10.1. The zero-order chi connectivity index (χ0) is 12.1. The molecule has 0 unspecified atom stereocenters. The normalized spacial score (nSPS) is 16.2. The summed E-state index contributed by atoms with van der Waals surface area (Å²) in [6.45, 7) is 3.10. The maximum absolute atomic E-state index is 11.9. The third-order valence-electron chi connectivity index (χ3n) is 2.91. The van der Waals surface area contributed by atoms with Gasteiger partial charge in [-0.3, -0.25) is 4.79 Å². The van der Waals surface area contributed by atoms with Crippen LogP contribution in [0.4, 0.5) is 0 Å². The quantitative estimate of drug-likeness (QED) is 0.926. The molecule has 1 aliphatic heterocycles. The Labute approximate surface area is 114 Å². The first-order valence-electron chi connectivity index (χ1n) is 5.98. The van der Waals surface area contributed by atoms with Gasteiger partial charge in [0.05, 0.1) is 10.3 Å². The van der Waals surface area contributed by atoms with Gasteiger partial charge in [-0.1, -0.05) is 0 Å². The molecule has 0 aromatic carbocycles. The van der Waals surface area contributed by atoms with Crippen LogP contribution >= 0.6 is 27.3 Å². The van der Waals surface area contributed by atoms with Crippen molar-refractivity contribution in [3.8, 4) is 0 Å². The van der Waals surface area contributed by atoms with E-state index in [0.717, 1.165) is 36.3 Å². The molecule has 3 nitrogen and oxygen atoms in total. The summed E-state index contributed by atoms with van der Waals surface area (Å²) in [5, 5.41) is 3.21. The fourth-order valence-corrected chi connectivity index (χ4v) is 3.45. The molecule has 1 saturated heterocycles. The van der Waals surface area contributed by atoms with Crippen molar-refractivity contribution in [3.63, 3.8) is 0 Å². The van der Waals surface area contributed by atoms with Gasteiger partial charge in [0.2, 0.25) is 5.91 Å². The number of carbonyl (C=O) groups is 1. The number of rotatable bonds is 4. The van der Waals surface area contributed by atoms with Gasteiger partial charge in [-0.15, -0.1) is 11.3 Å². The Morgan fingerprint density at radius 3 is 2.76 bits per heavy atom. The van der Waals surface area contributed by atoms with Crippen LogP contribution in [-0.2, 0) is 11.3 Å². The van der Waals surface area contributed by atoms with Gasteiger partial charge in [-0.25, -0.2) is 0 Å². The number of nitrogens with zero attached hydrogens (tertiary/aromatic N) is 1. The third kappa shape index (κ3) is 4.08. The standard InChI is InChI=1S/C12H17BrN2OS/c13-11-5-4-10(17-11)8-14-9-12(16)15-6-2-1-3-7-15/h4-5,14H,1-3,6-9H2. The van der Waals surface area contributed by atoms with Crippen LogP contribution in [-0.4, -0.2) is 30.4 Å². The minimum atomic E-state index is 0.236. The largest absolute Gasteiger partial charge is 0.342 e. The Morgan fingerprint density at radius 1 is 1.35 bits per heavy atom. The van der Waals surface area contributed by atoms with Crippen molar-refractivity contribution in [3.05, 3.63) is 20.8 Å². The maximum atomic E-state index is 11.9. The molecule has 1 aromatic rings. The second kappa shape index (κ2) is 6.52. The van der Waals surface area contributed by atoms with E-state index in [1.807, 2.05) is 11.0 Å². The van der Waals surface area contributed by atoms with Gasteiger partial charge < -0.3 is 10.2 Å². The Balaban J connectivity index is 1.69. The van der Waals surface area contributed by atoms with Crippen molar-refractivity contribution in [2.45, 2.75) is 25.8 Å². The zero-order valence-corrected chi connectivity index (χ0v) is 12.1. The number of likely N-dealkylation sites (tertiary alicyclic amines) is 1. The van der Waals surface area contributed by atoms with Gasteiger partial charge in [-0.05, 0) is 47.3 Å². The van der Waals surface area contributed by atoms with E-state index >= 15 is 0 Å². The van der Waals surface area contributed by atoms with Crippen LogP contribution < -0.4 is 5.32 Å². The molecule has 0 spiro atoms. The second-order valence-electron chi connectivity index (χ2n) is 4.25. The maximum Gasteiger partial charge on any atom is 0.236 e. The van der Waals surface area contributed by atoms with Crippen LogP contribution in [0.3, 0.4) is 0 Å². The third-order valence-corrected chi connectivity index (χ3v) is 4.54. The summed E-state index contributed by atoms with van der Waals surface area (Å²) in [5.74, 6) is 0.236. The van der Waals surface area contributed by atoms with Crippen molar-refractivity contribution in [1.29, 1.82) is 0 Å². The molecule has 1 amide bonds. The minimum absolute atomic E-state index is 0.236. The van der Waals surface area contributed by atoms with Gasteiger partial charge in [0, 0.05) is 24.5 Å². The van der Waals surface area contributed by atoms with E-state index in [1.54, 1.807) is 11.3 Å². The second-order valence-corrected chi connectivity index (χ2v) is 6.80. The van der Waals surface area contributed by atoms with Gasteiger partial charge in [0.15, 0.2) is 0 Å². The van der Waals surface area contributed by atoms with Gasteiger partial charge >= 0.3 is 0 Å². The molecule has 0 aliphatic carbocycles. The summed E-state index contributed by atoms with van der Waals surface area (Å²) in [6, 6.07) is 4.11. The van der Waals surface area contributed by atoms with Crippen LogP contribution in [0.5, 0.6) is 0 Å². The molecule has 5 heteroatoms. The SMILES string of the molecule is O=C(CNCc1ccc(Br)s1)N1CCCCC1. The fraction of sp³-hybridized carbons (Fsp3) is 0.583. The molecule has 0 bridgehead atoms. The highest BCUT2D eigenvalue weighted by atomic mass is 79.9. The monoisotopic (exact) mass is 316 g/mol. The van der Waals surface area contributed by atoms with E-state index in [4.69, 9.17) is 0 Å². The number of thiophene rings is 1. The zero-order valence-electron chi connectivity index (χ0n) is 9.75. The molecule has 0 atom stereocenters. The number of piperidine rings is 1. The number of hydrogen-bond acceptors (Lipinski definition) is 3. The van der Waals surface area contributed by atoms with Crippen molar-refractivity contribution < 1.29 is 4.79 Å². The topological polar surface area (TPSA) is 32.3 Å². The molecule has 0 radical (unpaired) electrons. The van der Waals surface area contributed by atoms with Crippen LogP contribution in [0.25, 0.3) is 0 Å². The molecule has 17 heavy (non-hydrogen) atoms. The number of nitrogens with one attached hydrogen (secondary N) is 1. The van der Waals surface area contributed by atoms with Gasteiger partial charge in [0.1, 0.15) is 0 Å². The minimum Gasteiger partial charge on any atom is -0.342 e. The molecule has 1 fully saturated rings. The fourth-order valence-electron chi connectivity index (χ4n) is 1.99. The molecular formula is C12H17BrN2OS. The van der Waals surface area contributed by atoms with Crippen LogP contribution in [0.15, 0.2) is 15.9 Å². The lowest BCUT2D eigenvalue weighted by Gasteiger charge is -2.26. The highest BCUT2D eigenvalue weighted by Gasteiger charge is 2.15. The summed E-state index contributed by atoms with van der Waals surface area (Å²) in [4.78, 5) is 15.1. The Morgan fingerprint density at radius 2 is 2.12 bits per heavy atom. The molecule has 1 aliphatic rings. The van der Waals surface area contributed by atoms with Crippen LogP contribution in [0, 0.1) is 0 Å². The van der Waals surface area contributed by atoms with Crippen LogP contribution in [0.1, 0.15) is 24.1 Å². The molecular weight excluding hydrogens is 300 g/mol. The van der Waals surface area contributed by atoms with E-state index < -0.39 is 0 Å². The highest BCUT2D eigenvalue weighted by molar-refractivity contribution is 9.11. The van der Waals surface area contributed by atoms with Crippen molar-refractivity contribution in [1.82, 2.24) is 10.2 Å². The summed E-state index contributed by atoms with van der Waals surface area (Å²) in [5.41, 5.74) is 0. The lowest BCUT2D eigenvalue weighted by molar-refractivity contribution is -0.131. The smallest absolute Gasteiger partial charge is 0.236 e. The average molecular weight is 317 g/mol. The molecule has 0 saturated carbocycles. The van der Waals surface area contributed by atoms with Crippen molar-refractivity contribution >= 4 is 33.2 Å². The first-order chi connectivity index (χ1) is 8.25. The molecule has 94 valence electrons. The van der Waals surface area contributed by atoms with E-state index in [9.17, 15) is 4.79 Å². The summed E-state index contributed by atoms with van der Waals surface area (Å²) in [6.07, 6.45) is 3.58. The Hall–Kier alpha value is -0.390. The molecule has 2 rings (SSSR count). The number of carbonyl (C=O) groups excluding carboxylic acids is 1. The molecule has 1 aromatic heterocycles. The Bertz CT molecular complexity index is 374. The molecule has 1 N–H and O–H groups in total. The van der Waals surface area contributed by atoms with E-state index in [1.165, 1.54) is 11.3 Å². The average Bonchev–Trinajstić information content (AvgIpc) is 2.76. The molecule has 2 heterocycles. The highest BCUT2D eigenvalue weighted by Crippen LogP contribution is 2.21. The first-order valence-corrected chi connectivity index (χ1v) is 7.59. The predicted octanol–water partition coefficient (Wildman–Crippen LogP) is 2.61. The first kappa shape index (κ1) is 13.1. The summed E-state index contributed by atoms with van der Waals surface area (Å²) >= 11 is 5.14. The van der Waals surface area contributed by atoms with Gasteiger partial charge in [0.25, 0.3) is 0 Å². The van der Waals surface area contributed by atoms with Gasteiger partial charge in [-0.2, -0.15) is 0 Å². The lowest BCUT2D eigenvalue weighted by Crippen LogP contribution is -2.40. The van der Waals surface area contributed by atoms with E-state index in [0.29, 0.717) is 6.54 Å². The summed E-state index contributed by atoms with van der Waals surface area (Å²) < 4.78 is 1.14. The van der Waals surface area contributed by atoms with Crippen molar-refractivity contribution in [2.75, 3.05) is 19.6 Å². The van der Waals surface area contributed by atoms with E-state index in [2.05, 4.69) is 27.3 Å². The van der Waals surface area contributed by atoms with E-state index in [-0.39, 0.29) is 5.91 Å². The summed E-state index contributed by atoms with van der Waals surface area (Å²) in [7, 11) is 0. The number of amides is 1. The van der Waals surface area contributed by atoms with Crippen LogP contribution in [0.2, 0.25) is 0 Å².